The molecule has 11 heavy (non-hydrogen) atoms. The number of anilines is 1. The van der Waals surface area contributed by atoms with E-state index in [-0.39, 0.29) is 0 Å². The molecular weight excluding hydrogens is 138 g/mol. The Kier molecular flexibility index (Phi) is 1.37. The van der Waals surface area contributed by atoms with Crippen LogP contribution in [0.2, 0.25) is 0 Å². The number of rotatable bonds is 1. The van der Waals surface area contributed by atoms with Gasteiger partial charge in [-0.3, -0.25) is 5.10 Å². The SMILES string of the molecule is CC1CC(c2[nH]ncc2N)C1. The molecule has 1 aliphatic carbocycles. The van der Waals surface area contributed by atoms with Crippen LogP contribution in [0.1, 0.15) is 31.4 Å². The predicted molar refractivity (Wildman–Crippen MR) is 44.1 cm³/mol. The van der Waals surface area contributed by atoms with Gasteiger partial charge in [-0.25, -0.2) is 0 Å². The highest BCUT2D eigenvalue weighted by Gasteiger charge is 2.29. The normalized spacial score (nSPS) is 29.9. The van der Waals surface area contributed by atoms with Gasteiger partial charge in [-0.2, -0.15) is 5.10 Å². The molecular formula is C8H13N3. The Balaban J connectivity index is 2.12. The molecule has 0 unspecified atom stereocenters. The summed E-state index contributed by atoms with van der Waals surface area (Å²) in [5, 5.41) is 6.85. The topological polar surface area (TPSA) is 54.7 Å². The van der Waals surface area contributed by atoms with Crippen LogP contribution < -0.4 is 5.73 Å². The lowest BCUT2D eigenvalue weighted by Crippen LogP contribution is -2.20. The van der Waals surface area contributed by atoms with E-state index in [9.17, 15) is 0 Å². The van der Waals surface area contributed by atoms with Crippen molar-refractivity contribution in [3.63, 3.8) is 0 Å². The Morgan fingerprint density at radius 3 is 2.82 bits per heavy atom. The minimum atomic E-state index is 0.646. The zero-order valence-electron chi connectivity index (χ0n) is 6.67. The van der Waals surface area contributed by atoms with E-state index in [1.54, 1.807) is 6.20 Å². The van der Waals surface area contributed by atoms with Gasteiger partial charge in [-0.15, -0.1) is 0 Å². The van der Waals surface area contributed by atoms with E-state index < -0.39 is 0 Å². The Hall–Kier alpha value is -0.990. The van der Waals surface area contributed by atoms with E-state index in [4.69, 9.17) is 5.73 Å². The number of aromatic nitrogens is 2. The van der Waals surface area contributed by atoms with Crippen LogP contribution in [-0.4, -0.2) is 10.2 Å². The molecule has 1 fully saturated rings. The van der Waals surface area contributed by atoms with Crippen molar-refractivity contribution >= 4 is 5.69 Å². The Morgan fingerprint density at radius 1 is 1.64 bits per heavy atom. The molecule has 0 saturated heterocycles. The molecule has 1 heterocycles. The molecule has 1 aromatic heterocycles. The first-order valence-corrected chi connectivity index (χ1v) is 4.06. The zero-order valence-corrected chi connectivity index (χ0v) is 6.67. The summed E-state index contributed by atoms with van der Waals surface area (Å²) in [5.41, 5.74) is 7.67. The fourth-order valence-corrected chi connectivity index (χ4v) is 1.77. The summed E-state index contributed by atoms with van der Waals surface area (Å²) in [6.07, 6.45) is 4.21. The molecule has 0 spiro atoms. The van der Waals surface area contributed by atoms with Crippen LogP contribution in [0.4, 0.5) is 5.69 Å². The van der Waals surface area contributed by atoms with E-state index in [0.717, 1.165) is 17.3 Å². The summed E-state index contributed by atoms with van der Waals surface area (Å²) in [6, 6.07) is 0. The molecule has 3 N–H and O–H groups in total. The molecule has 0 aliphatic heterocycles. The minimum Gasteiger partial charge on any atom is -0.396 e. The third-order valence-corrected chi connectivity index (χ3v) is 2.48. The maximum absolute atomic E-state index is 5.70. The van der Waals surface area contributed by atoms with Gasteiger partial charge in [0, 0.05) is 5.92 Å². The Morgan fingerprint density at radius 2 is 2.36 bits per heavy atom. The minimum absolute atomic E-state index is 0.646. The molecule has 0 radical (unpaired) electrons. The summed E-state index contributed by atoms with van der Waals surface area (Å²) >= 11 is 0. The molecule has 60 valence electrons. The highest BCUT2D eigenvalue weighted by molar-refractivity contribution is 5.42. The van der Waals surface area contributed by atoms with Crippen LogP contribution in [0.5, 0.6) is 0 Å². The van der Waals surface area contributed by atoms with Gasteiger partial charge in [-0.05, 0) is 18.8 Å². The van der Waals surface area contributed by atoms with Gasteiger partial charge in [0.2, 0.25) is 0 Å². The molecule has 1 saturated carbocycles. The zero-order chi connectivity index (χ0) is 7.84. The molecule has 0 aromatic carbocycles. The molecule has 1 aliphatic rings. The molecule has 3 heteroatoms. The van der Waals surface area contributed by atoms with E-state index in [1.165, 1.54) is 12.8 Å². The smallest absolute Gasteiger partial charge is 0.0733 e. The number of aromatic amines is 1. The highest BCUT2D eigenvalue weighted by atomic mass is 15.1. The van der Waals surface area contributed by atoms with Crippen LogP contribution in [0.15, 0.2) is 6.20 Å². The van der Waals surface area contributed by atoms with Crippen molar-refractivity contribution in [2.24, 2.45) is 5.92 Å². The lowest BCUT2D eigenvalue weighted by Gasteiger charge is -2.31. The number of nitrogens with one attached hydrogen (secondary N) is 1. The maximum atomic E-state index is 5.70. The second-order valence-corrected chi connectivity index (χ2v) is 3.51. The summed E-state index contributed by atoms with van der Waals surface area (Å²) < 4.78 is 0. The molecule has 2 rings (SSSR count). The monoisotopic (exact) mass is 151 g/mol. The van der Waals surface area contributed by atoms with Crippen molar-refractivity contribution in [1.29, 1.82) is 0 Å². The van der Waals surface area contributed by atoms with Crippen LogP contribution in [-0.2, 0) is 0 Å². The first kappa shape index (κ1) is 6.70. The highest BCUT2D eigenvalue weighted by Crippen LogP contribution is 2.41. The number of nitrogen functional groups attached to an aromatic ring is 1. The lowest BCUT2D eigenvalue weighted by molar-refractivity contribution is 0.284. The van der Waals surface area contributed by atoms with Gasteiger partial charge < -0.3 is 5.73 Å². The summed E-state index contributed by atoms with van der Waals surface area (Å²) in [7, 11) is 0. The van der Waals surface area contributed by atoms with Crippen LogP contribution in [0, 0.1) is 5.92 Å². The summed E-state index contributed by atoms with van der Waals surface area (Å²) in [6.45, 7) is 2.27. The van der Waals surface area contributed by atoms with Crippen molar-refractivity contribution in [3.05, 3.63) is 11.9 Å². The van der Waals surface area contributed by atoms with Crippen molar-refractivity contribution in [2.45, 2.75) is 25.7 Å². The lowest BCUT2D eigenvalue weighted by atomic mass is 9.74. The van der Waals surface area contributed by atoms with Gasteiger partial charge in [0.25, 0.3) is 0 Å². The number of nitrogens with zero attached hydrogens (tertiary/aromatic N) is 1. The van der Waals surface area contributed by atoms with Gasteiger partial charge in [0.15, 0.2) is 0 Å². The van der Waals surface area contributed by atoms with Crippen LogP contribution in [0.25, 0.3) is 0 Å². The Labute approximate surface area is 66.0 Å². The van der Waals surface area contributed by atoms with Gasteiger partial charge in [0.05, 0.1) is 17.6 Å². The fraction of sp³-hybridized carbons (Fsp3) is 0.625. The predicted octanol–water partition coefficient (Wildman–Crippen LogP) is 1.51. The number of hydrogen-bond donors (Lipinski definition) is 2. The average molecular weight is 151 g/mol. The molecule has 0 amide bonds. The van der Waals surface area contributed by atoms with Crippen molar-refractivity contribution in [3.8, 4) is 0 Å². The fourth-order valence-electron chi connectivity index (χ4n) is 1.77. The van der Waals surface area contributed by atoms with E-state index in [1.807, 2.05) is 0 Å². The molecule has 1 aromatic rings. The van der Waals surface area contributed by atoms with Gasteiger partial charge in [-0.1, -0.05) is 6.92 Å². The maximum Gasteiger partial charge on any atom is 0.0733 e. The van der Waals surface area contributed by atoms with Crippen molar-refractivity contribution in [2.75, 3.05) is 5.73 Å². The summed E-state index contributed by atoms with van der Waals surface area (Å²) in [4.78, 5) is 0. The largest absolute Gasteiger partial charge is 0.396 e. The third kappa shape index (κ3) is 1.00. The van der Waals surface area contributed by atoms with Gasteiger partial charge in [0.1, 0.15) is 0 Å². The summed E-state index contributed by atoms with van der Waals surface area (Å²) in [5.74, 6) is 1.51. The third-order valence-electron chi connectivity index (χ3n) is 2.48. The first-order chi connectivity index (χ1) is 5.27. The van der Waals surface area contributed by atoms with Gasteiger partial charge >= 0.3 is 0 Å². The van der Waals surface area contributed by atoms with Crippen LogP contribution >= 0.6 is 0 Å². The number of H-pyrrole nitrogens is 1. The standard InChI is InChI=1S/C8H13N3/c1-5-2-6(3-5)8-7(9)4-10-11-8/h4-6H,2-3,9H2,1H3,(H,10,11). The second-order valence-electron chi connectivity index (χ2n) is 3.51. The van der Waals surface area contributed by atoms with E-state index in [0.29, 0.717) is 5.92 Å². The van der Waals surface area contributed by atoms with E-state index >= 15 is 0 Å². The second kappa shape index (κ2) is 2.26. The van der Waals surface area contributed by atoms with Crippen molar-refractivity contribution < 1.29 is 0 Å². The van der Waals surface area contributed by atoms with Crippen LogP contribution in [0.3, 0.4) is 0 Å². The first-order valence-electron chi connectivity index (χ1n) is 4.06. The Bertz CT molecular complexity index is 248. The number of hydrogen-bond acceptors (Lipinski definition) is 2. The average Bonchev–Trinajstić information content (AvgIpc) is 2.29. The molecule has 0 bridgehead atoms. The molecule has 3 nitrogen and oxygen atoms in total. The number of nitrogens with two attached hydrogens (primary N) is 1. The van der Waals surface area contributed by atoms with E-state index in [2.05, 4.69) is 17.1 Å². The molecule has 0 atom stereocenters. The van der Waals surface area contributed by atoms with Crippen molar-refractivity contribution in [1.82, 2.24) is 10.2 Å². The quantitative estimate of drug-likeness (QED) is 0.639.